The monoisotopic (exact) mass is 279 g/mol. The third kappa shape index (κ3) is 5.32. The number of hydrogen-bond acceptors (Lipinski definition) is 5. The van der Waals surface area contributed by atoms with Gasteiger partial charge in [0.05, 0.1) is 13.0 Å². The molecule has 1 atom stereocenters. The summed E-state index contributed by atoms with van der Waals surface area (Å²) in [7, 11) is -0.0545. The molecule has 0 spiro atoms. The summed E-state index contributed by atoms with van der Waals surface area (Å²) in [6.07, 6.45) is 1.63. The summed E-state index contributed by atoms with van der Waals surface area (Å²) < 4.78 is 4.67. The summed E-state index contributed by atoms with van der Waals surface area (Å²) in [5.74, 6) is -0.271. The van der Waals surface area contributed by atoms with Crippen molar-refractivity contribution < 1.29 is 19.6 Å². The SMILES string of the molecule is COC(=O)C(C)CCCNCc1ccccc1B(O)O. The van der Waals surface area contributed by atoms with Gasteiger partial charge in [-0.3, -0.25) is 4.79 Å². The van der Waals surface area contributed by atoms with Crippen LogP contribution in [0.3, 0.4) is 0 Å². The first-order chi connectivity index (χ1) is 9.56. The molecule has 1 unspecified atom stereocenters. The molecule has 0 saturated heterocycles. The fourth-order valence-electron chi connectivity index (χ4n) is 2.02. The van der Waals surface area contributed by atoms with Crippen LogP contribution in [0.15, 0.2) is 24.3 Å². The van der Waals surface area contributed by atoms with Crippen molar-refractivity contribution >= 4 is 18.6 Å². The van der Waals surface area contributed by atoms with E-state index in [-0.39, 0.29) is 11.9 Å². The lowest BCUT2D eigenvalue weighted by Gasteiger charge is -2.11. The first-order valence-corrected chi connectivity index (χ1v) is 6.78. The van der Waals surface area contributed by atoms with Crippen molar-refractivity contribution in [2.75, 3.05) is 13.7 Å². The second-order valence-electron chi connectivity index (χ2n) is 4.82. The Balaban J connectivity index is 2.30. The second-order valence-corrected chi connectivity index (χ2v) is 4.82. The highest BCUT2D eigenvalue weighted by Gasteiger charge is 2.15. The van der Waals surface area contributed by atoms with Gasteiger partial charge in [-0.2, -0.15) is 0 Å². The molecule has 0 saturated carbocycles. The average molecular weight is 279 g/mol. The number of nitrogens with one attached hydrogen (secondary N) is 1. The Kier molecular flexibility index (Phi) is 7.29. The van der Waals surface area contributed by atoms with Crippen LogP contribution in [0.2, 0.25) is 0 Å². The van der Waals surface area contributed by atoms with E-state index in [4.69, 9.17) is 0 Å². The van der Waals surface area contributed by atoms with Gasteiger partial charge in [0, 0.05) is 6.54 Å². The molecule has 0 fully saturated rings. The van der Waals surface area contributed by atoms with E-state index in [1.165, 1.54) is 7.11 Å². The molecule has 0 aromatic heterocycles. The molecule has 1 aromatic rings. The van der Waals surface area contributed by atoms with Crippen LogP contribution < -0.4 is 10.8 Å². The van der Waals surface area contributed by atoms with Crippen molar-refractivity contribution in [3.8, 4) is 0 Å². The van der Waals surface area contributed by atoms with E-state index < -0.39 is 7.12 Å². The molecular formula is C14H22BNO4. The van der Waals surface area contributed by atoms with E-state index >= 15 is 0 Å². The van der Waals surface area contributed by atoms with Gasteiger partial charge in [0.1, 0.15) is 0 Å². The van der Waals surface area contributed by atoms with Gasteiger partial charge >= 0.3 is 13.1 Å². The van der Waals surface area contributed by atoms with Crippen molar-refractivity contribution in [3.63, 3.8) is 0 Å². The van der Waals surface area contributed by atoms with E-state index in [0.29, 0.717) is 12.0 Å². The molecule has 0 aliphatic rings. The highest BCUT2D eigenvalue weighted by Crippen LogP contribution is 2.06. The number of esters is 1. The summed E-state index contributed by atoms with van der Waals surface area (Å²) in [5.41, 5.74) is 1.38. The van der Waals surface area contributed by atoms with Gasteiger partial charge in [0.15, 0.2) is 0 Å². The van der Waals surface area contributed by atoms with Crippen LogP contribution in [0.1, 0.15) is 25.3 Å². The molecule has 5 nitrogen and oxygen atoms in total. The minimum absolute atomic E-state index is 0.0895. The summed E-state index contributed by atoms with van der Waals surface area (Å²) in [4.78, 5) is 11.2. The molecule has 1 rings (SSSR count). The average Bonchev–Trinajstić information content (AvgIpc) is 2.46. The number of rotatable bonds is 8. The number of ether oxygens (including phenoxy) is 1. The van der Waals surface area contributed by atoms with Crippen molar-refractivity contribution in [2.45, 2.75) is 26.3 Å². The van der Waals surface area contributed by atoms with Crippen LogP contribution in [0.4, 0.5) is 0 Å². The van der Waals surface area contributed by atoms with Gasteiger partial charge in [0.25, 0.3) is 0 Å². The predicted molar refractivity (Wildman–Crippen MR) is 78.4 cm³/mol. The number of benzene rings is 1. The fraction of sp³-hybridized carbons (Fsp3) is 0.500. The minimum atomic E-state index is -1.45. The molecule has 0 amide bonds. The van der Waals surface area contributed by atoms with E-state index in [1.54, 1.807) is 12.1 Å². The quantitative estimate of drug-likeness (QED) is 0.356. The summed E-state index contributed by atoms with van der Waals surface area (Å²) in [6.45, 7) is 3.18. The van der Waals surface area contributed by atoms with Crippen molar-refractivity contribution in [2.24, 2.45) is 5.92 Å². The molecule has 110 valence electrons. The second kappa shape index (κ2) is 8.74. The maximum absolute atomic E-state index is 11.2. The molecule has 3 N–H and O–H groups in total. The number of methoxy groups -OCH3 is 1. The van der Waals surface area contributed by atoms with Crippen molar-refractivity contribution in [3.05, 3.63) is 29.8 Å². The van der Waals surface area contributed by atoms with Gasteiger partial charge in [-0.1, -0.05) is 31.2 Å². The molecule has 0 heterocycles. The first-order valence-electron chi connectivity index (χ1n) is 6.78. The lowest BCUT2D eigenvalue weighted by Crippen LogP contribution is -2.34. The Bertz CT molecular complexity index is 425. The highest BCUT2D eigenvalue weighted by molar-refractivity contribution is 6.59. The van der Waals surface area contributed by atoms with Crippen molar-refractivity contribution in [1.82, 2.24) is 5.32 Å². The standard InChI is InChI=1S/C14H22BNO4/c1-11(14(17)20-2)6-5-9-16-10-12-7-3-4-8-13(12)15(18)19/h3-4,7-8,11,16,18-19H,5-6,9-10H2,1-2H3. The third-order valence-electron chi connectivity index (χ3n) is 3.24. The van der Waals surface area contributed by atoms with E-state index in [9.17, 15) is 14.8 Å². The number of carbonyl (C=O) groups excluding carboxylic acids is 1. The number of carbonyl (C=O) groups is 1. The largest absolute Gasteiger partial charge is 0.488 e. The molecule has 6 heteroatoms. The van der Waals surface area contributed by atoms with Crippen molar-refractivity contribution in [1.29, 1.82) is 0 Å². The Hall–Kier alpha value is -1.37. The zero-order chi connectivity index (χ0) is 15.0. The zero-order valence-electron chi connectivity index (χ0n) is 12.0. The fourth-order valence-corrected chi connectivity index (χ4v) is 2.02. The minimum Gasteiger partial charge on any atom is -0.469 e. The predicted octanol–water partition coefficient (Wildman–Crippen LogP) is 0.0453. The van der Waals surface area contributed by atoms with Crippen LogP contribution in [0.25, 0.3) is 0 Å². The topological polar surface area (TPSA) is 78.8 Å². The van der Waals surface area contributed by atoms with Crippen LogP contribution in [0.5, 0.6) is 0 Å². The van der Waals surface area contributed by atoms with Crippen LogP contribution >= 0.6 is 0 Å². The Labute approximate surface area is 120 Å². The summed E-state index contributed by atoms with van der Waals surface area (Å²) in [5, 5.41) is 21.7. The van der Waals surface area contributed by atoms with Gasteiger partial charge in [-0.05, 0) is 30.4 Å². The molecule has 0 aliphatic heterocycles. The van der Waals surface area contributed by atoms with Crippen LogP contribution in [-0.4, -0.2) is 36.8 Å². The molecule has 0 aliphatic carbocycles. The van der Waals surface area contributed by atoms with E-state index in [1.807, 2.05) is 19.1 Å². The van der Waals surface area contributed by atoms with Gasteiger partial charge in [0.2, 0.25) is 0 Å². The van der Waals surface area contributed by atoms with Gasteiger partial charge in [-0.15, -0.1) is 0 Å². The zero-order valence-corrected chi connectivity index (χ0v) is 12.0. The first kappa shape index (κ1) is 16.7. The number of hydrogen-bond donors (Lipinski definition) is 3. The molecule has 0 bridgehead atoms. The third-order valence-corrected chi connectivity index (χ3v) is 3.24. The summed E-state index contributed by atoms with van der Waals surface area (Å²) in [6, 6.07) is 7.19. The van der Waals surface area contributed by atoms with Gasteiger partial charge in [-0.25, -0.2) is 0 Å². The maximum atomic E-state index is 11.2. The lowest BCUT2D eigenvalue weighted by molar-refractivity contribution is -0.145. The normalized spacial score (nSPS) is 12.0. The smallest absolute Gasteiger partial charge is 0.469 e. The van der Waals surface area contributed by atoms with Crippen LogP contribution in [-0.2, 0) is 16.1 Å². The van der Waals surface area contributed by atoms with Gasteiger partial charge < -0.3 is 20.1 Å². The lowest BCUT2D eigenvalue weighted by atomic mass is 9.77. The molecule has 20 heavy (non-hydrogen) atoms. The summed E-state index contributed by atoms with van der Waals surface area (Å²) >= 11 is 0. The Morgan fingerprint density at radius 1 is 1.40 bits per heavy atom. The molecule has 1 aromatic carbocycles. The van der Waals surface area contributed by atoms with Crippen LogP contribution in [0, 0.1) is 5.92 Å². The molecule has 0 radical (unpaired) electrons. The Morgan fingerprint density at radius 3 is 2.75 bits per heavy atom. The molecular weight excluding hydrogens is 257 g/mol. The Morgan fingerprint density at radius 2 is 2.10 bits per heavy atom. The maximum Gasteiger partial charge on any atom is 0.488 e. The van der Waals surface area contributed by atoms with E-state index in [2.05, 4.69) is 10.1 Å². The van der Waals surface area contributed by atoms with E-state index in [0.717, 1.165) is 24.9 Å². The highest BCUT2D eigenvalue weighted by atomic mass is 16.5.